The third-order valence-electron chi connectivity index (χ3n) is 3.29. The summed E-state index contributed by atoms with van der Waals surface area (Å²) in [5, 5.41) is 9.44. The van der Waals surface area contributed by atoms with Gasteiger partial charge in [0.1, 0.15) is 30.7 Å². The van der Waals surface area contributed by atoms with Crippen LogP contribution in [0.5, 0.6) is 5.75 Å². The number of carbonyl (C=O) groups excluding carboxylic acids is 2. The Labute approximate surface area is 199 Å². The summed E-state index contributed by atoms with van der Waals surface area (Å²) in [6.07, 6.45) is 5.20. The van der Waals surface area contributed by atoms with Gasteiger partial charge in [0, 0.05) is 5.57 Å². The Hall–Kier alpha value is -1.93. The van der Waals surface area contributed by atoms with Gasteiger partial charge in [-0.25, -0.2) is 4.98 Å². The predicted molar refractivity (Wildman–Crippen MR) is 133 cm³/mol. The molecule has 0 bridgehead atoms. The van der Waals surface area contributed by atoms with E-state index in [1.807, 2.05) is 40.7 Å². The van der Waals surface area contributed by atoms with E-state index >= 15 is 0 Å². The number of carbonyl (C=O) groups is 2. The standard InChI is InChI=1S/C17H17N3O4.2C2H6.H2S3/c1-3-5-15-14(4-2)16(21)20(17(15)22)24-9-8-23-13-7-6-12(10-18)19-11-13;2*1-2;1-3-2/h3,5-7,11H,4,8-9H2,1-2H3;2*1-2H3;1-2H/b5-3-;;;. The van der Waals surface area contributed by atoms with Crippen molar-refractivity contribution in [3.8, 4) is 11.8 Å². The minimum absolute atomic E-state index is 0.0254. The van der Waals surface area contributed by atoms with Crippen LogP contribution >= 0.6 is 33.1 Å². The van der Waals surface area contributed by atoms with E-state index in [4.69, 9.17) is 14.8 Å². The number of pyridine rings is 1. The molecular formula is C21H31N3O4S3. The molecule has 0 N–H and O–H groups in total. The van der Waals surface area contributed by atoms with Crippen molar-refractivity contribution < 1.29 is 19.2 Å². The van der Waals surface area contributed by atoms with Gasteiger partial charge >= 0.3 is 0 Å². The van der Waals surface area contributed by atoms with Gasteiger partial charge in [-0.3, -0.25) is 14.4 Å². The second-order valence-electron chi connectivity index (χ2n) is 4.90. The largest absolute Gasteiger partial charge is 0.489 e. The fourth-order valence-electron chi connectivity index (χ4n) is 2.19. The molecular weight excluding hydrogens is 454 g/mol. The summed E-state index contributed by atoms with van der Waals surface area (Å²) in [6, 6.07) is 5.05. The number of hydrogen-bond donors (Lipinski definition) is 2. The van der Waals surface area contributed by atoms with Crippen molar-refractivity contribution in [1.82, 2.24) is 10.0 Å². The lowest BCUT2D eigenvalue weighted by molar-refractivity contribution is -0.187. The third-order valence-corrected chi connectivity index (χ3v) is 3.29. The molecule has 2 heterocycles. The number of amides is 2. The predicted octanol–water partition coefficient (Wildman–Crippen LogP) is 5.38. The molecule has 2 amide bonds. The van der Waals surface area contributed by atoms with Gasteiger partial charge in [-0.2, -0.15) is 5.26 Å². The highest BCUT2D eigenvalue weighted by atomic mass is 33.5. The van der Waals surface area contributed by atoms with Gasteiger partial charge in [-0.1, -0.05) is 70.1 Å². The second-order valence-corrected chi connectivity index (χ2v) is 7.03. The van der Waals surface area contributed by atoms with Crippen LogP contribution in [-0.4, -0.2) is 35.1 Å². The molecule has 1 aromatic heterocycles. The van der Waals surface area contributed by atoms with Gasteiger partial charge in [0.25, 0.3) is 11.8 Å². The van der Waals surface area contributed by atoms with Crippen LogP contribution in [0.1, 0.15) is 53.7 Å². The number of aromatic nitrogens is 1. The molecule has 1 aliphatic heterocycles. The molecule has 1 aromatic rings. The van der Waals surface area contributed by atoms with Gasteiger partial charge in [-0.15, -0.1) is 5.06 Å². The van der Waals surface area contributed by atoms with Gasteiger partial charge in [-0.05, 0) is 35.3 Å². The van der Waals surface area contributed by atoms with Gasteiger partial charge in [0.2, 0.25) is 0 Å². The van der Waals surface area contributed by atoms with Crippen LogP contribution in [0.4, 0.5) is 0 Å². The molecule has 0 aliphatic carbocycles. The van der Waals surface area contributed by atoms with Crippen LogP contribution in [0.15, 0.2) is 41.6 Å². The van der Waals surface area contributed by atoms with Crippen LogP contribution in [0.3, 0.4) is 0 Å². The first-order chi connectivity index (χ1) is 15.0. The first-order valence-electron chi connectivity index (χ1n) is 9.85. The van der Waals surface area contributed by atoms with Crippen LogP contribution in [0, 0.1) is 11.3 Å². The molecule has 7 nitrogen and oxygen atoms in total. The highest BCUT2D eigenvalue weighted by Crippen LogP contribution is 2.24. The highest BCUT2D eigenvalue weighted by molar-refractivity contribution is 9.01. The van der Waals surface area contributed by atoms with E-state index in [0.717, 1.165) is 14.9 Å². The van der Waals surface area contributed by atoms with E-state index in [0.29, 0.717) is 29.0 Å². The normalized spacial score (nSPS) is 12.3. The van der Waals surface area contributed by atoms with Crippen LogP contribution in [-0.2, 0) is 14.4 Å². The summed E-state index contributed by atoms with van der Waals surface area (Å²) in [5.41, 5.74) is 1.10. The maximum absolute atomic E-state index is 12.2. The van der Waals surface area contributed by atoms with Crippen molar-refractivity contribution in [2.75, 3.05) is 13.2 Å². The maximum atomic E-state index is 12.2. The van der Waals surface area contributed by atoms with Gasteiger partial charge in [0.05, 0.1) is 11.8 Å². The monoisotopic (exact) mass is 485 g/mol. The molecule has 0 fully saturated rings. The van der Waals surface area contributed by atoms with Crippen molar-refractivity contribution >= 4 is 45.0 Å². The van der Waals surface area contributed by atoms with Crippen LogP contribution < -0.4 is 4.74 Å². The minimum Gasteiger partial charge on any atom is -0.489 e. The summed E-state index contributed by atoms with van der Waals surface area (Å²) >= 11 is 7.14. The molecule has 172 valence electrons. The van der Waals surface area contributed by atoms with Crippen molar-refractivity contribution in [1.29, 1.82) is 5.26 Å². The van der Waals surface area contributed by atoms with E-state index in [-0.39, 0.29) is 13.2 Å². The average Bonchev–Trinajstić information content (AvgIpc) is 3.04. The van der Waals surface area contributed by atoms with Gasteiger partial charge < -0.3 is 4.74 Å². The Balaban J connectivity index is 0. The topological polar surface area (TPSA) is 92.5 Å². The molecule has 0 radical (unpaired) electrons. The molecule has 10 heteroatoms. The van der Waals surface area contributed by atoms with E-state index in [2.05, 4.69) is 28.3 Å². The summed E-state index contributed by atoms with van der Waals surface area (Å²) in [5.74, 6) is -0.427. The molecule has 0 saturated carbocycles. The molecule has 0 unspecified atom stereocenters. The average molecular weight is 486 g/mol. The zero-order chi connectivity index (χ0) is 24.2. The van der Waals surface area contributed by atoms with Crippen molar-refractivity contribution in [2.24, 2.45) is 0 Å². The number of hydroxylamine groups is 2. The number of nitriles is 1. The van der Waals surface area contributed by atoms with E-state index in [1.54, 1.807) is 25.1 Å². The van der Waals surface area contributed by atoms with Crippen LogP contribution in [0.25, 0.3) is 0 Å². The Morgan fingerprint density at radius 3 is 2.23 bits per heavy atom. The molecule has 2 rings (SSSR count). The number of ether oxygens (including phenoxy) is 1. The maximum Gasteiger partial charge on any atom is 0.285 e. The fourth-order valence-corrected chi connectivity index (χ4v) is 2.19. The van der Waals surface area contributed by atoms with Gasteiger partial charge in [0.15, 0.2) is 0 Å². The molecule has 0 spiro atoms. The SMILES string of the molecule is C/C=C\C1=C(CC)C(=O)N(OCCOc2ccc(C#N)nc2)C1=O.CC.CC.SSS. The van der Waals surface area contributed by atoms with Crippen LogP contribution in [0.2, 0.25) is 0 Å². The summed E-state index contributed by atoms with van der Waals surface area (Å²) in [6.45, 7) is 11.7. The summed E-state index contributed by atoms with van der Waals surface area (Å²) in [7, 11) is 1.14. The molecule has 1 aliphatic rings. The zero-order valence-corrected chi connectivity index (χ0v) is 21.4. The smallest absolute Gasteiger partial charge is 0.285 e. The Bertz CT molecular complexity index is 760. The Morgan fingerprint density at radius 1 is 1.16 bits per heavy atom. The van der Waals surface area contributed by atoms with E-state index in [1.165, 1.54) is 12.3 Å². The molecule has 31 heavy (non-hydrogen) atoms. The lowest BCUT2D eigenvalue weighted by Crippen LogP contribution is -2.33. The van der Waals surface area contributed by atoms with E-state index in [9.17, 15) is 9.59 Å². The molecule has 0 saturated heterocycles. The summed E-state index contributed by atoms with van der Waals surface area (Å²) in [4.78, 5) is 33.5. The number of thiol groups is 2. The highest BCUT2D eigenvalue weighted by Gasteiger charge is 2.37. The lowest BCUT2D eigenvalue weighted by atomic mass is 10.1. The summed E-state index contributed by atoms with van der Waals surface area (Å²) < 4.78 is 5.39. The second kappa shape index (κ2) is 20.0. The minimum atomic E-state index is -0.463. The fraction of sp³-hybridized carbons (Fsp3) is 0.429. The quantitative estimate of drug-likeness (QED) is 0.232. The zero-order valence-electron chi connectivity index (χ0n) is 18.8. The first-order valence-corrected chi connectivity index (χ1v) is 12.8. The number of imide groups is 1. The number of hydrogen-bond acceptors (Lipinski definition) is 9. The molecule has 0 aromatic carbocycles. The number of nitrogens with zero attached hydrogens (tertiary/aromatic N) is 3. The van der Waals surface area contributed by atoms with E-state index < -0.39 is 11.8 Å². The molecule has 0 atom stereocenters. The van der Waals surface area contributed by atoms with Crippen molar-refractivity contribution in [2.45, 2.75) is 48.0 Å². The first kappa shape index (κ1) is 31.3. The van der Waals surface area contributed by atoms with Crippen molar-refractivity contribution in [3.05, 3.63) is 47.3 Å². The lowest BCUT2D eigenvalue weighted by Gasteiger charge is -2.14. The van der Waals surface area contributed by atoms with Crippen molar-refractivity contribution in [3.63, 3.8) is 0 Å². The number of allylic oxidation sites excluding steroid dienone is 1. The third kappa shape index (κ3) is 10.8. The Morgan fingerprint density at radius 2 is 1.77 bits per heavy atom. The number of rotatable bonds is 7. The Kier molecular flexibility index (Phi) is 20.2.